The molecule has 0 saturated heterocycles. The molecule has 0 amide bonds. The molecular formula is C38H48Cl2Zr2+2. The van der Waals surface area contributed by atoms with Gasteiger partial charge in [-0.2, -0.15) is 0 Å². The van der Waals surface area contributed by atoms with Crippen molar-refractivity contribution in [3.05, 3.63) is 134 Å². The van der Waals surface area contributed by atoms with Gasteiger partial charge < -0.3 is 24.8 Å². The van der Waals surface area contributed by atoms with Gasteiger partial charge in [0.05, 0.1) is 0 Å². The Hall–Kier alpha value is -0.514. The fourth-order valence-corrected chi connectivity index (χ4v) is 6.66. The van der Waals surface area contributed by atoms with Crippen LogP contribution in [0, 0.1) is 49.4 Å². The molecule has 0 aromatic heterocycles. The molecule has 0 radical (unpaired) electrons. The van der Waals surface area contributed by atoms with Crippen molar-refractivity contribution in [2.24, 2.45) is 23.7 Å². The van der Waals surface area contributed by atoms with Crippen LogP contribution in [0.3, 0.4) is 0 Å². The number of fused-ring (bicyclic) bond motifs is 4. The number of allylic oxidation sites excluding steroid dienone is 16. The van der Waals surface area contributed by atoms with E-state index in [-0.39, 0.29) is 77.2 Å². The van der Waals surface area contributed by atoms with Crippen LogP contribution in [0.25, 0.3) is 0 Å². The average Bonchev–Trinajstić information content (AvgIpc) is 3.81. The van der Waals surface area contributed by atoms with E-state index in [1.165, 1.54) is 77.0 Å². The summed E-state index contributed by atoms with van der Waals surface area (Å²) in [7, 11) is 0. The maximum atomic E-state index is 3.00. The molecule has 0 N–H and O–H groups in total. The Kier molecular flexibility index (Phi) is 23.5. The second kappa shape index (κ2) is 23.8. The molecule has 0 heterocycles. The van der Waals surface area contributed by atoms with Crippen LogP contribution >= 0.6 is 0 Å². The SMILES string of the molecule is C1=CCC2CC[CH-]C2=C1.C1=CCC2CC[CH-]C2=C1.C1=CCC2CC[CH-]C2=C1.C1=CCC2CC[CH-]C2=C1.C=C.[Cl-].[Cl-].[Zr+4].[Zr+4]. The zero-order chi connectivity index (χ0) is 26.4. The van der Waals surface area contributed by atoms with Crippen LogP contribution in [0.15, 0.2) is 108 Å². The first-order chi connectivity index (χ1) is 18.9. The molecular weight excluding hydrogens is 710 g/mol. The summed E-state index contributed by atoms with van der Waals surface area (Å²) < 4.78 is 0. The van der Waals surface area contributed by atoms with Gasteiger partial charge in [0.1, 0.15) is 0 Å². The molecule has 8 aliphatic rings. The van der Waals surface area contributed by atoms with Crippen LogP contribution in [-0.2, 0) is 52.4 Å². The quantitative estimate of drug-likeness (QED) is 0.248. The minimum Gasteiger partial charge on any atom is -1.00 e. The second-order valence-electron chi connectivity index (χ2n) is 11.2. The molecule has 0 aromatic carbocycles. The van der Waals surface area contributed by atoms with Gasteiger partial charge in [-0.25, -0.2) is 72.3 Å². The molecule has 4 saturated carbocycles. The zero-order valence-electron chi connectivity index (χ0n) is 25.2. The zero-order valence-corrected chi connectivity index (χ0v) is 31.6. The standard InChI is InChI=1S/4C9H11.C2H4.2ClH.2Zr/c4*1-2-5-9-7-3-6-8(9)4-1;1-2;;;;/h4*1-2,4,6,9H,3,5,7H2;1-2H2;2*1H;;/q4*-1;;;;2*+4/p-2. The molecule has 220 valence electrons. The minimum atomic E-state index is 0. The van der Waals surface area contributed by atoms with E-state index in [0.29, 0.717) is 0 Å². The van der Waals surface area contributed by atoms with E-state index in [1.54, 1.807) is 22.3 Å². The van der Waals surface area contributed by atoms with Gasteiger partial charge in [0.15, 0.2) is 0 Å². The van der Waals surface area contributed by atoms with E-state index in [4.69, 9.17) is 0 Å². The molecule has 0 aromatic rings. The summed E-state index contributed by atoms with van der Waals surface area (Å²) in [6.07, 6.45) is 52.1. The molecule has 0 aliphatic heterocycles. The first-order valence-electron chi connectivity index (χ1n) is 15.2. The summed E-state index contributed by atoms with van der Waals surface area (Å²) in [4.78, 5) is 0. The van der Waals surface area contributed by atoms with Crippen molar-refractivity contribution in [3.8, 4) is 0 Å². The van der Waals surface area contributed by atoms with E-state index in [2.05, 4.69) is 112 Å². The number of rotatable bonds is 0. The number of halogens is 2. The molecule has 4 atom stereocenters. The first kappa shape index (κ1) is 41.5. The Morgan fingerprint density at radius 1 is 0.429 bits per heavy atom. The van der Waals surface area contributed by atoms with Crippen LogP contribution in [0.2, 0.25) is 0 Å². The third-order valence-corrected chi connectivity index (χ3v) is 8.85. The van der Waals surface area contributed by atoms with E-state index in [0.717, 1.165) is 23.7 Å². The van der Waals surface area contributed by atoms with Crippen LogP contribution in [-0.4, -0.2) is 0 Å². The van der Waals surface area contributed by atoms with Gasteiger partial charge in [-0.05, 0) is 49.4 Å². The molecule has 4 fully saturated rings. The third kappa shape index (κ3) is 12.8. The molecule has 4 heteroatoms. The summed E-state index contributed by atoms with van der Waals surface area (Å²) in [5.41, 5.74) is 6.32. The van der Waals surface area contributed by atoms with Gasteiger partial charge in [-0.3, -0.25) is 0 Å². The molecule has 42 heavy (non-hydrogen) atoms. The summed E-state index contributed by atoms with van der Waals surface area (Å²) in [6, 6.07) is 0. The first-order valence-corrected chi connectivity index (χ1v) is 15.2. The Morgan fingerprint density at radius 2 is 0.643 bits per heavy atom. The molecule has 0 nitrogen and oxygen atoms in total. The van der Waals surface area contributed by atoms with Crippen LogP contribution in [0.5, 0.6) is 0 Å². The third-order valence-electron chi connectivity index (χ3n) is 8.85. The van der Waals surface area contributed by atoms with Crippen molar-refractivity contribution in [3.63, 3.8) is 0 Å². The fraction of sp³-hybridized carbons (Fsp3) is 0.421. The fourth-order valence-electron chi connectivity index (χ4n) is 6.66. The van der Waals surface area contributed by atoms with E-state index in [9.17, 15) is 0 Å². The molecule has 8 aliphatic carbocycles. The number of hydrogen-bond acceptors (Lipinski definition) is 0. The van der Waals surface area contributed by atoms with Gasteiger partial charge in [0.25, 0.3) is 0 Å². The van der Waals surface area contributed by atoms with Crippen LogP contribution < -0.4 is 24.8 Å². The molecule has 0 spiro atoms. The normalized spacial score (nSPS) is 26.8. The predicted octanol–water partition coefficient (Wildman–Crippen LogP) is 4.75. The van der Waals surface area contributed by atoms with Crippen molar-refractivity contribution in [2.45, 2.75) is 77.0 Å². The summed E-state index contributed by atoms with van der Waals surface area (Å²) in [5, 5.41) is 0. The average molecular weight is 758 g/mol. The Labute approximate surface area is 309 Å². The smallest absolute Gasteiger partial charge is 1.00 e. The second-order valence-corrected chi connectivity index (χ2v) is 11.2. The summed E-state index contributed by atoms with van der Waals surface area (Å²) >= 11 is 0. The van der Waals surface area contributed by atoms with Gasteiger partial charge in [-0.1, -0.05) is 25.7 Å². The van der Waals surface area contributed by atoms with Crippen molar-refractivity contribution in [2.75, 3.05) is 0 Å². The van der Waals surface area contributed by atoms with Gasteiger partial charge in [0.2, 0.25) is 0 Å². The van der Waals surface area contributed by atoms with Gasteiger partial charge in [0, 0.05) is 0 Å². The number of hydrogen-bond donors (Lipinski definition) is 0. The van der Waals surface area contributed by atoms with E-state index < -0.39 is 0 Å². The van der Waals surface area contributed by atoms with Crippen LogP contribution in [0.4, 0.5) is 0 Å². The monoisotopic (exact) mass is 754 g/mol. The molecule has 4 unspecified atom stereocenters. The molecule has 8 rings (SSSR count). The summed E-state index contributed by atoms with van der Waals surface area (Å²) in [5.74, 6) is 3.54. The van der Waals surface area contributed by atoms with Gasteiger partial charge >= 0.3 is 52.4 Å². The molecule has 0 bridgehead atoms. The maximum Gasteiger partial charge on any atom is 4.00 e. The summed E-state index contributed by atoms with van der Waals surface area (Å²) in [6.45, 7) is 6.00. The van der Waals surface area contributed by atoms with Crippen molar-refractivity contribution < 1.29 is 77.2 Å². The Bertz CT molecular complexity index is 850. The van der Waals surface area contributed by atoms with Gasteiger partial charge in [-0.15, -0.1) is 87.4 Å². The van der Waals surface area contributed by atoms with E-state index in [1.807, 2.05) is 0 Å². The van der Waals surface area contributed by atoms with E-state index >= 15 is 0 Å². The Balaban J connectivity index is 0.000000507. The Morgan fingerprint density at radius 3 is 0.833 bits per heavy atom. The minimum absolute atomic E-state index is 0. The topological polar surface area (TPSA) is 0 Å². The maximum absolute atomic E-state index is 3.00. The van der Waals surface area contributed by atoms with Crippen molar-refractivity contribution >= 4 is 0 Å². The predicted molar refractivity (Wildman–Crippen MR) is 167 cm³/mol. The largest absolute Gasteiger partial charge is 4.00 e. The van der Waals surface area contributed by atoms with Crippen molar-refractivity contribution in [1.29, 1.82) is 0 Å². The van der Waals surface area contributed by atoms with Crippen LogP contribution in [0.1, 0.15) is 77.0 Å². The van der Waals surface area contributed by atoms with Crippen molar-refractivity contribution in [1.82, 2.24) is 0 Å².